The number of unbranched alkanes of at least 4 members (excludes halogenated alkanes) is 18. The fourth-order valence-corrected chi connectivity index (χ4v) is 11.3. The minimum Gasteiger partial charge on any atom is -0.394 e. The fourth-order valence-electron chi connectivity index (χ4n) is 11.3. The van der Waals surface area contributed by atoms with Crippen molar-refractivity contribution in [1.29, 1.82) is 0 Å². The maximum atomic E-state index is 13.4. The van der Waals surface area contributed by atoms with Gasteiger partial charge in [0.15, 0.2) is 18.9 Å². The van der Waals surface area contributed by atoms with Crippen LogP contribution in [0.3, 0.4) is 0 Å². The van der Waals surface area contributed by atoms with E-state index in [1.54, 1.807) is 6.08 Å². The molecule has 96 heavy (non-hydrogen) atoms. The van der Waals surface area contributed by atoms with Crippen LogP contribution in [0, 0.1) is 0 Å². The van der Waals surface area contributed by atoms with Gasteiger partial charge in [0.1, 0.15) is 73.2 Å². The van der Waals surface area contributed by atoms with Crippen LogP contribution in [0.1, 0.15) is 213 Å². The molecule has 17 atom stereocenters. The first-order valence-electron chi connectivity index (χ1n) is 36.4. The smallest absolute Gasteiger partial charge is 0.220 e. The molecule has 19 nitrogen and oxygen atoms in total. The molecule has 3 rings (SSSR count). The number of hydrogen-bond donors (Lipinski definition) is 12. The van der Waals surface area contributed by atoms with Crippen LogP contribution in [0.25, 0.3) is 0 Å². The lowest BCUT2D eigenvalue weighted by Crippen LogP contribution is -2.66. The molecule has 1 amide bonds. The summed E-state index contributed by atoms with van der Waals surface area (Å²) < 4.78 is 34.3. The molecule has 3 aliphatic rings. The van der Waals surface area contributed by atoms with Crippen molar-refractivity contribution < 1.29 is 89.4 Å². The molecule has 19 heteroatoms. The van der Waals surface area contributed by atoms with Crippen LogP contribution < -0.4 is 5.32 Å². The molecule has 3 aliphatic heterocycles. The first kappa shape index (κ1) is 86.2. The van der Waals surface area contributed by atoms with E-state index in [-0.39, 0.29) is 18.9 Å². The molecule has 548 valence electrons. The zero-order valence-electron chi connectivity index (χ0n) is 58.0. The number of hydrogen-bond acceptors (Lipinski definition) is 18. The third kappa shape index (κ3) is 37.4. The Bertz CT molecular complexity index is 2260. The van der Waals surface area contributed by atoms with Gasteiger partial charge in [0.2, 0.25) is 5.91 Å². The van der Waals surface area contributed by atoms with Crippen LogP contribution in [0.4, 0.5) is 0 Å². The van der Waals surface area contributed by atoms with E-state index in [2.05, 4.69) is 141 Å². The summed E-state index contributed by atoms with van der Waals surface area (Å²) in [6.07, 6.45) is 52.8. The monoisotopic (exact) mass is 1350 g/mol. The molecule has 0 bridgehead atoms. The lowest BCUT2D eigenvalue weighted by molar-refractivity contribution is -0.379. The summed E-state index contributed by atoms with van der Waals surface area (Å²) in [4.78, 5) is 13.4. The summed E-state index contributed by atoms with van der Waals surface area (Å²) in [5, 5.41) is 121. The van der Waals surface area contributed by atoms with Crippen LogP contribution in [0.2, 0.25) is 0 Å². The van der Waals surface area contributed by atoms with E-state index in [1.807, 2.05) is 6.08 Å². The molecule has 3 saturated heterocycles. The normalized spacial score (nSPS) is 27.9. The van der Waals surface area contributed by atoms with Crippen molar-refractivity contribution in [2.75, 3.05) is 26.4 Å². The number of rotatable bonds is 54. The third-order valence-electron chi connectivity index (χ3n) is 17.2. The quantitative estimate of drug-likeness (QED) is 0.0199. The van der Waals surface area contributed by atoms with Crippen molar-refractivity contribution in [3.8, 4) is 0 Å². The van der Waals surface area contributed by atoms with E-state index in [0.717, 1.165) is 109 Å². The van der Waals surface area contributed by atoms with Crippen molar-refractivity contribution in [3.05, 3.63) is 134 Å². The van der Waals surface area contributed by atoms with Gasteiger partial charge in [-0.25, -0.2) is 0 Å². The third-order valence-corrected chi connectivity index (χ3v) is 17.2. The molecular weight excluding hydrogens is 1230 g/mol. The van der Waals surface area contributed by atoms with Gasteiger partial charge in [-0.3, -0.25) is 4.79 Å². The zero-order valence-corrected chi connectivity index (χ0v) is 58.0. The molecule has 3 fully saturated rings. The van der Waals surface area contributed by atoms with Crippen LogP contribution in [-0.2, 0) is 33.2 Å². The molecule has 0 saturated carbocycles. The van der Waals surface area contributed by atoms with E-state index >= 15 is 0 Å². The summed E-state index contributed by atoms with van der Waals surface area (Å²) in [7, 11) is 0. The predicted molar refractivity (Wildman–Crippen MR) is 378 cm³/mol. The van der Waals surface area contributed by atoms with E-state index in [1.165, 1.54) is 70.6 Å². The lowest BCUT2D eigenvalue weighted by atomic mass is 9.96. The molecule has 0 aromatic rings. The van der Waals surface area contributed by atoms with Gasteiger partial charge in [0.05, 0.1) is 38.6 Å². The first-order chi connectivity index (χ1) is 46.8. The Balaban J connectivity index is 1.39. The highest BCUT2D eigenvalue weighted by atomic mass is 16.8. The van der Waals surface area contributed by atoms with Crippen molar-refractivity contribution in [2.24, 2.45) is 0 Å². The summed E-state index contributed by atoms with van der Waals surface area (Å²) in [5.41, 5.74) is 0. The Morgan fingerprint density at radius 3 is 1.17 bits per heavy atom. The molecule has 0 aliphatic carbocycles. The van der Waals surface area contributed by atoms with Crippen LogP contribution in [0.5, 0.6) is 0 Å². The number of ether oxygens (including phenoxy) is 6. The Hall–Kier alpha value is -4.07. The van der Waals surface area contributed by atoms with Crippen molar-refractivity contribution >= 4 is 5.91 Å². The second kappa shape index (κ2) is 56.7. The Morgan fingerprint density at radius 1 is 0.385 bits per heavy atom. The average Bonchev–Trinajstić information content (AvgIpc) is 0.798. The van der Waals surface area contributed by atoms with Crippen LogP contribution >= 0.6 is 0 Å². The number of nitrogens with one attached hydrogen (secondary N) is 1. The predicted octanol–water partition coefficient (Wildman–Crippen LogP) is 10.5. The fraction of sp³-hybridized carbons (Fsp3) is 0.701. The zero-order chi connectivity index (χ0) is 69.6. The molecular formula is C77H127NO18. The van der Waals surface area contributed by atoms with E-state index in [0.29, 0.717) is 12.8 Å². The molecule has 0 aromatic carbocycles. The van der Waals surface area contributed by atoms with Crippen molar-refractivity contribution in [3.63, 3.8) is 0 Å². The van der Waals surface area contributed by atoms with Gasteiger partial charge in [-0.1, -0.05) is 231 Å². The topological polar surface area (TPSA) is 307 Å². The van der Waals surface area contributed by atoms with E-state index in [4.69, 9.17) is 28.4 Å². The first-order valence-corrected chi connectivity index (χ1v) is 36.4. The maximum absolute atomic E-state index is 13.4. The molecule has 0 spiro atoms. The second-order valence-corrected chi connectivity index (χ2v) is 25.3. The Kier molecular flexibility index (Phi) is 50.8. The van der Waals surface area contributed by atoms with Crippen LogP contribution in [0.15, 0.2) is 134 Å². The van der Waals surface area contributed by atoms with E-state index in [9.17, 15) is 61.0 Å². The molecule has 0 radical (unpaired) electrons. The molecule has 17 unspecified atom stereocenters. The number of allylic oxidation sites excluding steroid dienone is 21. The summed E-state index contributed by atoms with van der Waals surface area (Å²) >= 11 is 0. The van der Waals surface area contributed by atoms with Gasteiger partial charge in [-0.2, -0.15) is 0 Å². The number of carbonyl (C=O) groups excluding carboxylic acids is 1. The standard InChI is InChI=1S/C77H127NO18/c1-3-5-7-9-11-13-15-17-19-21-22-23-24-25-26-27-28-29-30-31-32-33-34-35-36-37-38-39-41-43-45-47-49-51-53-55-65(83)78-60(61(82)54-52-50-48-46-44-42-40-20-18-16-14-12-10-8-6-4-2)59-91-75-71(89)68(86)73(63(57-80)93-75)96-77-72(90)69(87)74(64(58-81)94-77)95-76-70(88)67(85)66(84)62(56-79)92-76/h5,7,11,13,17-20,22-23,25-26,28-29,31-32,34-35,44,46,52,54,60-64,66-77,79-82,84-90H,3-4,6,8-10,12,14-16,21,24,27,30,33,36-43,45,47-51,53,55-59H2,1-2H3,(H,78,83)/b7-5-,13-11-,19-17-,20-18+,23-22-,26-25-,29-28-,32-31-,35-34-,46-44+,54-52+. The van der Waals surface area contributed by atoms with Gasteiger partial charge < -0.3 is 89.9 Å². The number of amides is 1. The Morgan fingerprint density at radius 2 is 0.729 bits per heavy atom. The van der Waals surface area contributed by atoms with Crippen LogP contribution in [-0.4, -0.2) is 193 Å². The number of carbonyl (C=O) groups is 1. The Labute approximate surface area is 575 Å². The van der Waals surface area contributed by atoms with Gasteiger partial charge in [0, 0.05) is 6.42 Å². The summed E-state index contributed by atoms with van der Waals surface area (Å²) in [6.45, 7) is 1.56. The van der Waals surface area contributed by atoms with Gasteiger partial charge in [-0.15, -0.1) is 0 Å². The highest BCUT2D eigenvalue weighted by molar-refractivity contribution is 5.76. The highest BCUT2D eigenvalue weighted by Crippen LogP contribution is 2.33. The number of aliphatic hydroxyl groups is 11. The van der Waals surface area contributed by atoms with Gasteiger partial charge in [0.25, 0.3) is 0 Å². The van der Waals surface area contributed by atoms with E-state index < -0.39 is 124 Å². The SMILES string of the molecule is CC/C=C\C/C=C\C/C=C\C/C=C\C/C=C\C/C=C\C/C=C\C/C=C\CCCCCCCCCCCCC(=O)NC(COC1OC(CO)C(OC2OC(CO)C(OC3OC(CO)C(O)C(O)C3O)C(O)C2O)C(O)C1O)C(O)/C=C/CC/C=C/CC/C=C/CCCCCCCC. The van der Waals surface area contributed by atoms with Gasteiger partial charge >= 0.3 is 0 Å². The molecule has 0 aromatic heterocycles. The summed E-state index contributed by atoms with van der Waals surface area (Å²) in [6, 6.07) is -1.01. The lowest BCUT2D eigenvalue weighted by Gasteiger charge is -2.48. The maximum Gasteiger partial charge on any atom is 0.220 e. The van der Waals surface area contributed by atoms with Crippen molar-refractivity contribution in [1.82, 2.24) is 5.32 Å². The van der Waals surface area contributed by atoms with Crippen molar-refractivity contribution in [2.45, 2.75) is 317 Å². The minimum absolute atomic E-state index is 0.218. The highest BCUT2D eigenvalue weighted by Gasteiger charge is 2.53. The number of aliphatic hydroxyl groups excluding tert-OH is 11. The average molecular weight is 1350 g/mol. The minimum atomic E-state index is -1.99. The largest absolute Gasteiger partial charge is 0.394 e. The van der Waals surface area contributed by atoms with Gasteiger partial charge in [-0.05, 0) is 109 Å². The molecule has 12 N–H and O–H groups in total. The second-order valence-electron chi connectivity index (χ2n) is 25.3. The summed E-state index contributed by atoms with van der Waals surface area (Å²) in [5.74, 6) is -0.301. The molecule has 3 heterocycles.